The molecule has 5 heteroatoms. The minimum absolute atomic E-state index is 0.0765. The molecule has 1 fully saturated rings. The van der Waals surface area contributed by atoms with Crippen LogP contribution in [0.4, 0.5) is 0 Å². The number of rotatable bonds is 8. The molecule has 1 rings (SSSR count). The van der Waals surface area contributed by atoms with Gasteiger partial charge in [-0.05, 0) is 47.3 Å². The van der Waals surface area contributed by atoms with E-state index >= 15 is 0 Å². The number of hydrogen-bond donors (Lipinski definition) is 1. The van der Waals surface area contributed by atoms with Crippen molar-refractivity contribution in [3.8, 4) is 0 Å². The van der Waals surface area contributed by atoms with Gasteiger partial charge >= 0.3 is 5.97 Å². The first-order valence-corrected chi connectivity index (χ1v) is 7.09. The summed E-state index contributed by atoms with van der Waals surface area (Å²) in [4.78, 5) is 15.7. The lowest BCUT2D eigenvalue weighted by molar-refractivity contribution is -0.145. The first-order valence-electron chi connectivity index (χ1n) is 7.09. The summed E-state index contributed by atoms with van der Waals surface area (Å²) in [6.07, 6.45) is 3.12. The van der Waals surface area contributed by atoms with Crippen molar-refractivity contribution in [3.05, 3.63) is 0 Å². The van der Waals surface area contributed by atoms with E-state index in [1.807, 2.05) is 7.05 Å². The van der Waals surface area contributed by atoms with E-state index in [0.29, 0.717) is 13.2 Å². The molecule has 0 heterocycles. The molecule has 1 unspecified atom stereocenters. The number of nitrogens with zero attached hydrogens (tertiary/aromatic N) is 2. The molecule has 112 valence electrons. The van der Waals surface area contributed by atoms with Crippen LogP contribution in [0.5, 0.6) is 0 Å². The Labute approximate surface area is 116 Å². The largest absolute Gasteiger partial charge is 0.466 e. The van der Waals surface area contributed by atoms with Crippen molar-refractivity contribution < 1.29 is 14.6 Å². The van der Waals surface area contributed by atoms with Crippen LogP contribution < -0.4 is 0 Å². The molecule has 0 saturated heterocycles. The van der Waals surface area contributed by atoms with E-state index in [0.717, 1.165) is 6.54 Å². The maximum atomic E-state index is 11.3. The van der Waals surface area contributed by atoms with Gasteiger partial charge in [-0.1, -0.05) is 0 Å². The topological polar surface area (TPSA) is 53.0 Å². The van der Waals surface area contributed by atoms with Crippen molar-refractivity contribution in [2.45, 2.75) is 44.2 Å². The Morgan fingerprint density at radius 3 is 2.42 bits per heavy atom. The van der Waals surface area contributed by atoms with Crippen molar-refractivity contribution in [2.75, 3.05) is 40.8 Å². The predicted molar refractivity (Wildman–Crippen MR) is 75.0 cm³/mol. The number of likely N-dealkylation sites (N-methyl/N-ethyl adjacent to an activating group) is 2. The third-order valence-electron chi connectivity index (χ3n) is 4.03. The number of aliphatic hydroxyl groups is 1. The molecule has 1 atom stereocenters. The van der Waals surface area contributed by atoms with E-state index in [4.69, 9.17) is 4.74 Å². The lowest BCUT2D eigenvalue weighted by atomic mass is 9.75. The molecular weight excluding hydrogens is 244 g/mol. The second-order valence-corrected chi connectivity index (χ2v) is 5.83. The highest BCUT2D eigenvalue weighted by Gasteiger charge is 2.39. The molecule has 0 radical (unpaired) electrons. The summed E-state index contributed by atoms with van der Waals surface area (Å²) in [6.45, 7) is 3.58. The molecule has 1 saturated carbocycles. The highest BCUT2D eigenvalue weighted by atomic mass is 16.5. The maximum Gasteiger partial charge on any atom is 0.308 e. The molecule has 0 aromatic carbocycles. The summed E-state index contributed by atoms with van der Waals surface area (Å²) in [5.41, 5.74) is 0.248. The fraction of sp³-hybridized carbons (Fsp3) is 0.929. The number of carbonyl (C=O) groups excluding carboxylic acids is 1. The average Bonchev–Trinajstić information content (AvgIpc) is 2.22. The third-order valence-corrected chi connectivity index (χ3v) is 4.03. The van der Waals surface area contributed by atoms with Crippen molar-refractivity contribution in [1.82, 2.24) is 9.80 Å². The number of ether oxygens (including phenoxy) is 1. The highest BCUT2D eigenvalue weighted by Crippen LogP contribution is 2.36. The van der Waals surface area contributed by atoms with Gasteiger partial charge in [0.25, 0.3) is 0 Å². The van der Waals surface area contributed by atoms with E-state index in [2.05, 4.69) is 23.9 Å². The molecule has 0 spiro atoms. The molecule has 1 aliphatic rings. The smallest absolute Gasteiger partial charge is 0.308 e. The molecule has 5 nitrogen and oxygen atoms in total. The van der Waals surface area contributed by atoms with Crippen LogP contribution in [-0.2, 0) is 9.53 Å². The van der Waals surface area contributed by atoms with Gasteiger partial charge in [0.1, 0.15) is 0 Å². The predicted octanol–water partition coefficient (Wildman–Crippen LogP) is 0.717. The Morgan fingerprint density at radius 2 is 2.00 bits per heavy atom. The first-order chi connectivity index (χ1) is 8.89. The van der Waals surface area contributed by atoms with Gasteiger partial charge in [0, 0.05) is 18.6 Å². The molecule has 0 aromatic rings. The Morgan fingerprint density at radius 1 is 1.37 bits per heavy atom. The van der Waals surface area contributed by atoms with E-state index in [1.54, 1.807) is 6.92 Å². The Kier molecular flexibility index (Phi) is 6.23. The van der Waals surface area contributed by atoms with Crippen LogP contribution in [0.2, 0.25) is 0 Å². The molecular formula is C14H28N2O3. The molecule has 1 aliphatic carbocycles. The lowest BCUT2D eigenvalue weighted by Crippen LogP contribution is -2.57. The molecule has 0 amide bonds. The van der Waals surface area contributed by atoms with Crippen LogP contribution in [-0.4, -0.2) is 73.4 Å². The van der Waals surface area contributed by atoms with E-state index in [1.165, 1.54) is 19.3 Å². The Hall–Kier alpha value is -0.650. The van der Waals surface area contributed by atoms with Gasteiger partial charge in [0.05, 0.1) is 19.1 Å². The standard InChI is InChI=1S/C14H28N2O3/c1-5-19-13(18)9-12(17)10-16(4)11-14(15(2)3)7-6-8-14/h12,17H,5-11H2,1-4H3. The fourth-order valence-corrected chi connectivity index (χ4v) is 2.74. The second-order valence-electron chi connectivity index (χ2n) is 5.83. The van der Waals surface area contributed by atoms with Gasteiger partial charge in [-0.3, -0.25) is 4.79 Å². The van der Waals surface area contributed by atoms with Gasteiger partial charge in [-0.2, -0.15) is 0 Å². The minimum atomic E-state index is -0.650. The Bertz CT molecular complexity index is 290. The zero-order valence-corrected chi connectivity index (χ0v) is 12.7. The van der Waals surface area contributed by atoms with Crippen LogP contribution in [0.1, 0.15) is 32.6 Å². The van der Waals surface area contributed by atoms with Crippen molar-refractivity contribution in [3.63, 3.8) is 0 Å². The Balaban J connectivity index is 2.34. The van der Waals surface area contributed by atoms with Crippen LogP contribution in [0.15, 0.2) is 0 Å². The fourth-order valence-electron chi connectivity index (χ4n) is 2.74. The van der Waals surface area contributed by atoms with Gasteiger partial charge in [-0.15, -0.1) is 0 Å². The molecule has 0 aromatic heterocycles. The molecule has 0 bridgehead atoms. The monoisotopic (exact) mass is 272 g/mol. The number of aliphatic hydroxyl groups excluding tert-OH is 1. The summed E-state index contributed by atoms with van der Waals surface area (Å²) < 4.78 is 4.84. The van der Waals surface area contributed by atoms with Crippen molar-refractivity contribution >= 4 is 5.97 Å². The highest BCUT2D eigenvalue weighted by molar-refractivity contribution is 5.69. The zero-order valence-electron chi connectivity index (χ0n) is 12.7. The molecule has 19 heavy (non-hydrogen) atoms. The molecule has 0 aliphatic heterocycles. The minimum Gasteiger partial charge on any atom is -0.466 e. The van der Waals surface area contributed by atoms with Gasteiger partial charge in [0.15, 0.2) is 0 Å². The molecule has 1 N–H and O–H groups in total. The van der Waals surface area contributed by atoms with E-state index in [-0.39, 0.29) is 17.9 Å². The number of hydrogen-bond acceptors (Lipinski definition) is 5. The van der Waals surface area contributed by atoms with Gasteiger partial charge in [-0.25, -0.2) is 0 Å². The average molecular weight is 272 g/mol. The van der Waals surface area contributed by atoms with Crippen molar-refractivity contribution in [1.29, 1.82) is 0 Å². The first kappa shape index (κ1) is 16.4. The lowest BCUT2D eigenvalue weighted by Gasteiger charge is -2.49. The summed E-state index contributed by atoms with van der Waals surface area (Å²) in [5.74, 6) is -0.325. The van der Waals surface area contributed by atoms with Crippen LogP contribution in [0.3, 0.4) is 0 Å². The van der Waals surface area contributed by atoms with Crippen LogP contribution in [0, 0.1) is 0 Å². The third kappa shape index (κ3) is 4.75. The number of esters is 1. The van der Waals surface area contributed by atoms with Gasteiger partial charge < -0.3 is 19.6 Å². The van der Waals surface area contributed by atoms with E-state index < -0.39 is 6.10 Å². The summed E-state index contributed by atoms with van der Waals surface area (Å²) in [6, 6.07) is 0. The number of carbonyl (C=O) groups is 1. The van der Waals surface area contributed by atoms with Crippen LogP contribution >= 0.6 is 0 Å². The summed E-state index contributed by atoms with van der Waals surface area (Å²) in [7, 11) is 6.22. The SMILES string of the molecule is CCOC(=O)CC(O)CN(C)CC1(N(C)C)CCC1. The van der Waals surface area contributed by atoms with Gasteiger partial charge in [0.2, 0.25) is 0 Å². The van der Waals surface area contributed by atoms with Crippen molar-refractivity contribution in [2.24, 2.45) is 0 Å². The normalized spacial score (nSPS) is 19.3. The maximum absolute atomic E-state index is 11.3. The zero-order chi connectivity index (χ0) is 14.5. The second kappa shape index (κ2) is 7.22. The van der Waals surface area contributed by atoms with Crippen LogP contribution in [0.25, 0.3) is 0 Å². The quantitative estimate of drug-likeness (QED) is 0.660. The summed E-state index contributed by atoms with van der Waals surface area (Å²) >= 11 is 0. The summed E-state index contributed by atoms with van der Waals surface area (Å²) in [5, 5.41) is 9.89. The van der Waals surface area contributed by atoms with E-state index in [9.17, 15) is 9.90 Å².